The highest BCUT2D eigenvalue weighted by Gasteiger charge is 2.25. The van der Waals surface area contributed by atoms with Gasteiger partial charge in [-0.3, -0.25) is 0 Å². The molecule has 0 amide bonds. The highest BCUT2D eigenvalue weighted by atomic mass is 15.1. The summed E-state index contributed by atoms with van der Waals surface area (Å²) in [5, 5.41) is 20.2. The lowest BCUT2D eigenvalue weighted by Crippen LogP contribution is -2.11. The number of hydrogen-bond donors (Lipinski definition) is 0. The topological polar surface area (TPSA) is 13.1 Å². The first-order valence-corrected chi connectivity index (χ1v) is 22.5. The van der Waals surface area contributed by atoms with Crippen molar-refractivity contribution < 1.29 is 0 Å². The van der Waals surface area contributed by atoms with Crippen LogP contribution >= 0.6 is 0 Å². The van der Waals surface area contributed by atoms with Crippen LogP contribution in [0.4, 0.5) is 17.1 Å². The molecule has 0 aliphatic carbocycles. The van der Waals surface area contributed by atoms with Crippen molar-refractivity contribution in [1.82, 2.24) is 9.13 Å². The van der Waals surface area contributed by atoms with E-state index in [0.29, 0.717) is 0 Å². The Balaban J connectivity index is 1.07. The Kier molecular flexibility index (Phi) is 6.95. The summed E-state index contributed by atoms with van der Waals surface area (Å²) in [4.78, 5) is 2.54. The van der Waals surface area contributed by atoms with Crippen LogP contribution in [0.1, 0.15) is 0 Å². The van der Waals surface area contributed by atoms with Crippen LogP contribution in [0.5, 0.6) is 0 Å². The predicted octanol–water partition coefficient (Wildman–Crippen LogP) is 17.1. The van der Waals surface area contributed by atoms with Crippen LogP contribution in [0.2, 0.25) is 0 Å². The Labute approximate surface area is 373 Å². The maximum atomic E-state index is 2.54. The number of anilines is 3. The van der Waals surface area contributed by atoms with Crippen molar-refractivity contribution in [3.63, 3.8) is 0 Å². The van der Waals surface area contributed by atoms with E-state index >= 15 is 0 Å². The van der Waals surface area contributed by atoms with Gasteiger partial charge in [-0.15, -0.1) is 0 Å². The Morgan fingerprint density at radius 2 is 0.723 bits per heavy atom. The van der Waals surface area contributed by atoms with Crippen LogP contribution in [0.25, 0.3) is 120 Å². The van der Waals surface area contributed by atoms with Gasteiger partial charge in [-0.05, 0) is 108 Å². The average Bonchev–Trinajstić information content (AvgIpc) is 3.89. The molecule has 0 atom stereocenters. The molecule has 13 aromatic carbocycles. The summed E-state index contributed by atoms with van der Waals surface area (Å²) in [6.07, 6.45) is 0. The van der Waals surface area contributed by atoms with Gasteiger partial charge in [0.15, 0.2) is 0 Å². The van der Waals surface area contributed by atoms with Crippen molar-refractivity contribution in [3.05, 3.63) is 224 Å². The van der Waals surface area contributed by atoms with E-state index in [1.54, 1.807) is 0 Å². The molecule has 2 aromatic heterocycles. The number of benzene rings is 13. The number of para-hydroxylation sites is 4. The molecular weight excluding hydrogens is 787 g/mol. The lowest BCUT2D eigenvalue weighted by molar-refractivity contribution is 1.13. The fourth-order valence-electron chi connectivity index (χ4n) is 11.6. The Morgan fingerprint density at radius 3 is 1.34 bits per heavy atom. The molecule has 0 aliphatic heterocycles. The van der Waals surface area contributed by atoms with Gasteiger partial charge in [-0.1, -0.05) is 170 Å². The van der Waals surface area contributed by atoms with Crippen LogP contribution in [-0.2, 0) is 0 Å². The summed E-state index contributed by atoms with van der Waals surface area (Å²) >= 11 is 0. The second kappa shape index (κ2) is 12.9. The average molecular weight is 824 g/mol. The molecule has 15 aromatic rings. The van der Waals surface area contributed by atoms with Crippen LogP contribution in [-0.4, -0.2) is 9.13 Å². The standard InChI is InChI=1S/C62H37N3/c1-2-15-44(16-3-1)64-52-20-6-5-18-47(52)49-19-10-22-56(62(49)64)65-53-21-7-4-17-46(53)48-34-31-45(37-57(48)65)63(54-35-29-42-25-23-38-11-8-13-40-27-32-50(54)60(42)58(38)40)55-36-30-43-26-24-39-12-9-14-41-28-33-51(55)61(43)59(39)41/h1-37H. The van der Waals surface area contributed by atoms with Gasteiger partial charge >= 0.3 is 0 Å². The number of aromatic nitrogens is 2. The van der Waals surface area contributed by atoms with E-state index in [2.05, 4.69) is 238 Å². The van der Waals surface area contributed by atoms with E-state index in [1.807, 2.05) is 0 Å². The molecule has 2 heterocycles. The number of nitrogens with zero attached hydrogens (tertiary/aromatic N) is 3. The normalized spacial score (nSPS) is 12.3. The van der Waals surface area contributed by atoms with Gasteiger partial charge < -0.3 is 14.0 Å². The van der Waals surface area contributed by atoms with Gasteiger partial charge in [0.1, 0.15) is 0 Å². The van der Waals surface area contributed by atoms with Gasteiger partial charge in [0.25, 0.3) is 0 Å². The van der Waals surface area contributed by atoms with Crippen molar-refractivity contribution in [3.8, 4) is 11.4 Å². The van der Waals surface area contributed by atoms with Crippen molar-refractivity contribution in [2.45, 2.75) is 0 Å². The fraction of sp³-hybridized carbons (Fsp3) is 0. The fourth-order valence-corrected chi connectivity index (χ4v) is 11.6. The Hall–Kier alpha value is -8.66. The molecule has 0 spiro atoms. The highest BCUT2D eigenvalue weighted by molar-refractivity contribution is 6.29. The lowest BCUT2D eigenvalue weighted by atomic mass is 9.91. The van der Waals surface area contributed by atoms with Crippen molar-refractivity contribution in [2.24, 2.45) is 0 Å². The van der Waals surface area contributed by atoms with Crippen LogP contribution < -0.4 is 4.90 Å². The van der Waals surface area contributed by atoms with E-state index in [4.69, 9.17) is 0 Å². The first-order chi connectivity index (χ1) is 32.3. The van der Waals surface area contributed by atoms with Gasteiger partial charge in [0.05, 0.1) is 39.1 Å². The number of rotatable bonds is 5. The van der Waals surface area contributed by atoms with Crippen molar-refractivity contribution in [1.29, 1.82) is 0 Å². The molecule has 0 saturated heterocycles. The van der Waals surface area contributed by atoms with E-state index < -0.39 is 0 Å². The molecule has 15 rings (SSSR count). The van der Waals surface area contributed by atoms with Crippen LogP contribution in [0, 0.1) is 0 Å². The third kappa shape index (κ3) is 4.74. The van der Waals surface area contributed by atoms with Gasteiger partial charge in [-0.25, -0.2) is 0 Å². The monoisotopic (exact) mass is 823 g/mol. The number of fused-ring (bicyclic) bond motifs is 6. The Bertz CT molecular complexity index is 4240. The first kappa shape index (κ1) is 34.9. The van der Waals surface area contributed by atoms with E-state index in [-0.39, 0.29) is 0 Å². The highest BCUT2D eigenvalue weighted by Crippen LogP contribution is 2.49. The van der Waals surface area contributed by atoms with E-state index in [9.17, 15) is 0 Å². The minimum absolute atomic E-state index is 1.10. The minimum Gasteiger partial charge on any atom is -0.309 e. The van der Waals surface area contributed by atoms with E-state index in [1.165, 1.54) is 103 Å². The molecule has 0 radical (unpaired) electrons. The van der Waals surface area contributed by atoms with Crippen molar-refractivity contribution >= 4 is 125 Å². The molecule has 0 fully saturated rings. The zero-order valence-electron chi connectivity index (χ0n) is 35.2. The molecule has 3 nitrogen and oxygen atoms in total. The molecule has 300 valence electrons. The zero-order valence-corrected chi connectivity index (χ0v) is 35.2. The van der Waals surface area contributed by atoms with Crippen molar-refractivity contribution in [2.75, 3.05) is 4.90 Å². The molecular formula is C62H37N3. The summed E-state index contributed by atoms with van der Waals surface area (Å²) in [7, 11) is 0. The third-order valence-corrected chi connectivity index (χ3v) is 14.3. The maximum Gasteiger partial charge on any atom is 0.0782 e. The number of hydrogen-bond acceptors (Lipinski definition) is 1. The third-order valence-electron chi connectivity index (χ3n) is 14.3. The summed E-state index contributed by atoms with van der Waals surface area (Å²) < 4.78 is 4.97. The van der Waals surface area contributed by atoms with Crippen LogP contribution in [0.15, 0.2) is 224 Å². The zero-order chi connectivity index (χ0) is 42.3. The van der Waals surface area contributed by atoms with Crippen LogP contribution in [0.3, 0.4) is 0 Å². The molecule has 0 saturated carbocycles. The quantitative estimate of drug-likeness (QED) is 0.158. The molecule has 3 heteroatoms. The largest absolute Gasteiger partial charge is 0.309 e. The second-order valence-electron chi connectivity index (χ2n) is 17.6. The molecule has 65 heavy (non-hydrogen) atoms. The summed E-state index contributed by atoms with van der Waals surface area (Å²) in [6, 6.07) is 83.6. The molecule has 0 N–H and O–H groups in total. The van der Waals surface area contributed by atoms with Gasteiger partial charge in [-0.2, -0.15) is 0 Å². The molecule has 0 bridgehead atoms. The summed E-state index contributed by atoms with van der Waals surface area (Å²) in [5.41, 5.74) is 10.4. The first-order valence-electron chi connectivity index (χ1n) is 22.5. The van der Waals surface area contributed by atoms with E-state index in [0.717, 1.165) is 34.0 Å². The van der Waals surface area contributed by atoms with Gasteiger partial charge in [0, 0.05) is 43.7 Å². The predicted molar refractivity (Wildman–Crippen MR) is 277 cm³/mol. The van der Waals surface area contributed by atoms with Gasteiger partial charge in [0.2, 0.25) is 0 Å². The SMILES string of the molecule is c1ccc(-n2c3ccccc3c3cccc(-n4c5ccccc5c5ccc(N(c6ccc7ccc8cccc9ccc6c7c89)c6ccc7ccc8cccc9ccc6c7c89)cc54)c32)cc1. The maximum absolute atomic E-state index is 2.54. The summed E-state index contributed by atoms with van der Waals surface area (Å²) in [5.74, 6) is 0. The lowest BCUT2D eigenvalue weighted by Gasteiger charge is -2.29. The molecule has 0 unspecified atom stereocenters. The Morgan fingerprint density at radius 1 is 0.277 bits per heavy atom. The smallest absolute Gasteiger partial charge is 0.0782 e. The summed E-state index contributed by atoms with van der Waals surface area (Å²) in [6.45, 7) is 0. The minimum atomic E-state index is 1.10. The molecule has 0 aliphatic rings. The second-order valence-corrected chi connectivity index (χ2v) is 17.6.